The molecule has 0 aromatic heterocycles. The fourth-order valence-electron chi connectivity index (χ4n) is 2.76. The van der Waals surface area contributed by atoms with Crippen LogP contribution in [-0.4, -0.2) is 50.1 Å². The molecule has 6 heteroatoms. The molecule has 2 rings (SSSR count). The third-order valence-corrected chi connectivity index (χ3v) is 3.73. The van der Waals surface area contributed by atoms with E-state index in [1.807, 2.05) is 38.2 Å². The lowest BCUT2D eigenvalue weighted by Gasteiger charge is -2.23. The van der Waals surface area contributed by atoms with E-state index in [0.717, 1.165) is 30.9 Å². The molecule has 0 aliphatic carbocycles. The van der Waals surface area contributed by atoms with Crippen molar-refractivity contribution in [2.24, 2.45) is 0 Å². The second kappa shape index (κ2) is 9.66. The van der Waals surface area contributed by atoms with E-state index in [1.165, 1.54) is 6.42 Å². The summed E-state index contributed by atoms with van der Waals surface area (Å²) in [5.41, 5.74) is 0.813. The van der Waals surface area contributed by atoms with Crippen molar-refractivity contribution in [2.45, 2.75) is 25.8 Å². The van der Waals surface area contributed by atoms with Crippen molar-refractivity contribution >= 4 is 24.0 Å². The maximum atomic E-state index is 12.1. The molecule has 1 saturated heterocycles. The molecule has 1 aliphatic rings. The summed E-state index contributed by atoms with van der Waals surface area (Å²) >= 11 is 0. The number of carbonyl (C=O) groups is 1. The Labute approximate surface area is 138 Å². The molecular weight excluding hydrogens is 302 g/mol. The van der Waals surface area contributed by atoms with E-state index in [-0.39, 0.29) is 18.3 Å². The standard InChI is InChI=1S/C16H25N3O2.ClH/c1-3-21-15-8-6-13(7-9-15)18-16(20)12-19-10-4-5-14(19)11-17-2;/h6-9,14,17H,3-5,10-12H2,1-2H3,(H,18,20);1H. The number of hydrogen-bond acceptors (Lipinski definition) is 4. The van der Waals surface area contributed by atoms with Gasteiger partial charge in [0.15, 0.2) is 0 Å². The van der Waals surface area contributed by atoms with Crippen LogP contribution in [-0.2, 0) is 4.79 Å². The number of carbonyl (C=O) groups excluding carboxylic acids is 1. The van der Waals surface area contributed by atoms with E-state index in [2.05, 4.69) is 15.5 Å². The van der Waals surface area contributed by atoms with Crippen LogP contribution in [0.3, 0.4) is 0 Å². The average molecular weight is 328 g/mol. The Bertz CT molecular complexity index is 453. The highest BCUT2D eigenvalue weighted by Crippen LogP contribution is 2.18. The summed E-state index contributed by atoms with van der Waals surface area (Å²) in [4.78, 5) is 14.4. The fourth-order valence-corrected chi connectivity index (χ4v) is 2.76. The normalized spacial score (nSPS) is 17.8. The lowest BCUT2D eigenvalue weighted by Crippen LogP contribution is -2.41. The minimum atomic E-state index is 0. The van der Waals surface area contributed by atoms with Crippen LogP contribution in [0.5, 0.6) is 5.75 Å². The van der Waals surface area contributed by atoms with Crippen LogP contribution in [0.25, 0.3) is 0 Å². The Morgan fingerprint density at radius 3 is 2.73 bits per heavy atom. The average Bonchev–Trinajstić information content (AvgIpc) is 2.89. The van der Waals surface area contributed by atoms with Gasteiger partial charge in [0.2, 0.25) is 5.91 Å². The summed E-state index contributed by atoms with van der Waals surface area (Å²) in [5, 5.41) is 6.14. The van der Waals surface area contributed by atoms with E-state index in [0.29, 0.717) is 19.2 Å². The number of ether oxygens (including phenoxy) is 1. The molecule has 0 radical (unpaired) electrons. The first kappa shape index (κ1) is 18.7. The summed E-state index contributed by atoms with van der Waals surface area (Å²) in [6.07, 6.45) is 2.33. The van der Waals surface area contributed by atoms with Gasteiger partial charge in [0, 0.05) is 18.3 Å². The zero-order valence-corrected chi connectivity index (χ0v) is 14.1. The van der Waals surface area contributed by atoms with Gasteiger partial charge >= 0.3 is 0 Å². The van der Waals surface area contributed by atoms with Crippen molar-refractivity contribution < 1.29 is 9.53 Å². The van der Waals surface area contributed by atoms with E-state index in [4.69, 9.17) is 4.74 Å². The van der Waals surface area contributed by atoms with E-state index in [9.17, 15) is 4.79 Å². The van der Waals surface area contributed by atoms with E-state index >= 15 is 0 Å². The maximum absolute atomic E-state index is 12.1. The number of nitrogens with zero attached hydrogens (tertiary/aromatic N) is 1. The number of benzene rings is 1. The van der Waals surface area contributed by atoms with Crippen LogP contribution < -0.4 is 15.4 Å². The van der Waals surface area contributed by atoms with E-state index in [1.54, 1.807) is 0 Å². The second-order valence-corrected chi connectivity index (χ2v) is 5.33. The monoisotopic (exact) mass is 327 g/mol. The minimum absolute atomic E-state index is 0. The number of hydrogen-bond donors (Lipinski definition) is 2. The van der Waals surface area contributed by atoms with Gasteiger partial charge in [-0.1, -0.05) is 0 Å². The number of nitrogens with one attached hydrogen (secondary N) is 2. The largest absolute Gasteiger partial charge is 0.494 e. The maximum Gasteiger partial charge on any atom is 0.238 e. The molecule has 5 nitrogen and oxygen atoms in total. The number of likely N-dealkylation sites (N-methyl/N-ethyl adjacent to an activating group) is 1. The fraction of sp³-hybridized carbons (Fsp3) is 0.562. The Hall–Kier alpha value is -1.30. The second-order valence-electron chi connectivity index (χ2n) is 5.33. The van der Waals surface area contributed by atoms with Crippen molar-refractivity contribution in [3.63, 3.8) is 0 Å². The molecule has 124 valence electrons. The Kier molecular flexibility index (Phi) is 8.24. The van der Waals surface area contributed by atoms with Gasteiger partial charge in [-0.05, 0) is 57.6 Å². The van der Waals surface area contributed by atoms with Gasteiger partial charge in [-0.2, -0.15) is 0 Å². The van der Waals surface area contributed by atoms with Gasteiger partial charge in [0.25, 0.3) is 0 Å². The van der Waals surface area contributed by atoms with Gasteiger partial charge in [0.1, 0.15) is 5.75 Å². The summed E-state index contributed by atoms with van der Waals surface area (Å²) in [7, 11) is 1.95. The Morgan fingerprint density at radius 1 is 1.36 bits per heavy atom. The highest BCUT2D eigenvalue weighted by Gasteiger charge is 2.25. The number of likely N-dealkylation sites (tertiary alicyclic amines) is 1. The van der Waals surface area contributed by atoms with Crippen LogP contribution in [0.2, 0.25) is 0 Å². The molecule has 1 aromatic carbocycles. The van der Waals surface area contributed by atoms with Crippen molar-refractivity contribution in [1.29, 1.82) is 0 Å². The zero-order valence-electron chi connectivity index (χ0n) is 13.3. The minimum Gasteiger partial charge on any atom is -0.494 e. The lowest BCUT2D eigenvalue weighted by molar-refractivity contribution is -0.117. The van der Waals surface area contributed by atoms with E-state index < -0.39 is 0 Å². The molecule has 1 heterocycles. The Balaban J connectivity index is 0.00000242. The van der Waals surface area contributed by atoms with Crippen LogP contribution in [0, 0.1) is 0 Å². The molecule has 1 amide bonds. The summed E-state index contributed by atoms with van der Waals surface area (Å²) in [5.74, 6) is 0.867. The predicted molar refractivity (Wildman–Crippen MR) is 92.0 cm³/mol. The molecule has 1 fully saturated rings. The number of rotatable bonds is 7. The zero-order chi connectivity index (χ0) is 15.1. The predicted octanol–water partition coefficient (Wildman–Crippen LogP) is 2.13. The molecule has 2 N–H and O–H groups in total. The lowest BCUT2D eigenvalue weighted by atomic mass is 10.2. The number of anilines is 1. The van der Waals surface area contributed by atoms with Gasteiger partial charge < -0.3 is 15.4 Å². The first-order valence-electron chi connectivity index (χ1n) is 7.64. The van der Waals surface area contributed by atoms with Crippen LogP contribution in [0.15, 0.2) is 24.3 Å². The van der Waals surface area contributed by atoms with Crippen molar-refractivity contribution in [3.05, 3.63) is 24.3 Å². The van der Waals surface area contributed by atoms with Gasteiger partial charge in [-0.25, -0.2) is 0 Å². The van der Waals surface area contributed by atoms with Gasteiger partial charge in [-0.15, -0.1) is 12.4 Å². The SMILES string of the molecule is CCOc1ccc(NC(=O)CN2CCCC2CNC)cc1.Cl. The molecule has 0 spiro atoms. The van der Waals surface area contributed by atoms with Crippen LogP contribution in [0.4, 0.5) is 5.69 Å². The topological polar surface area (TPSA) is 53.6 Å². The molecule has 0 bridgehead atoms. The first-order chi connectivity index (χ1) is 10.2. The van der Waals surface area contributed by atoms with Crippen LogP contribution >= 0.6 is 12.4 Å². The van der Waals surface area contributed by atoms with Crippen molar-refractivity contribution in [2.75, 3.05) is 38.6 Å². The third kappa shape index (κ3) is 5.48. The molecule has 1 unspecified atom stereocenters. The number of amides is 1. The Morgan fingerprint density at radius 2 is 2.09 bits per heavy atom. The molecule has 22 heavy (non-hydrogen) atoms. The van der Waals surface area contributed by atoms with Crippen molar-refractivity contribution in [1.82, 2.24) is 10.2 Å². The van der Waals surface area contributed by atoms with Crippen molar-refractivity contribution in [3.8, 4) is 5.75 Å². The molecular formula is C16H26ClN3O2. The summed E-state index contributed by atoms with van der Waals surface area (Å²) in [6.45, 7) is 5.00. The summed E-state index contributed by atoms with van der Waals surface area (Å²) < 4.78 is 5.39. The van der Waals surface area contributed by atoms with Crippen LogP contribution in [0.1, 0.15) is 19.8 Å². The quantitative estimate of drug-likeness (QED) is 0.805. The molecule has 1 atom stereocenters. The third-order valence-electron chi connectivity index (χ3n) is 3.73. The number of halogens is 1. The van der Waals surface area contributed by atoms with Gasteiger partial charge in [0.05, 0.1) is 13.2 Å². The molecule has 1 aromatic rings. The van der Waals surface area contributed by atoms with Gasteiger partial charge in [-0.3, -0.25) is 9.69 Å². The molecule has 1 aliphatic heterocycles. The summed E-state index contributed by atoms with van der Waals surface area (Å²) in [6, 6.07) is 7.97. The highest BCUT2D eigenvalue weighted by molar-refractivity contribution is 5.92. The highest BCUT2D eigenvalue weighted by atomic mass is 35.5. The smallest absolute Gasteiger partial charge is 0.238 e. The molecule has 0 saturated carbocycles. The first-order valence-corrected chi connectivity index (χ1v) is 7.64.